The van der Waals surface area contributed by atoms with Crippen molar-refractivity contribution in [3.63, 3.8) is 0 Å². The molecule has 0 fully saturated rings. The maximum atomic E-state index is 11.1. The molecule has 0 saturated carbocycles. The van der Waals surface area contributed by atoms with Crippen LogP contribution >= 0.6 is 0 Å². The van der Waals surface area contributed by atoms with Crippen LogP contribution in [-0.2, 0) is 9.59 Å². The first-order chi connectivity index (χ1) is 7.66. The van der Waals surface area contributed by atoms with Crippen LogP contribution in [0.5, 0.6) is 0 Å². The quantitative estimate of drug-likeness (QED) is 0.162. The van der Waals surface area contributed by atoms with E-state index in [9.17, 15) is 9.59 Å². The van der Waals surface area contributed by atoms with E-state index in [1.807, 2.05) is 0 Å². The van der Waals surface area contributed by atoms with Crippen LogP contribution in [0.25, 0.3) is 10.4 Å². The number of azide groups is 1. The summed E-state index contributed by atoms with van der Waals surface area (Å²) in [5, 5.41) is 9.41. The molecular formula is C8H14N6O2. The van der Waals surface area contributed by atoms with Gasteiger partial charge in [-0.3, -0.25) is 9.59 Å². The van der Waals surface area contributed by atoms with E-state index in [-0.39, 0.29) is 24.8 Å². The van der Waals surface area contributed by atoms with Gasteiger partial charge in [0.1, 0.15) is 0 Å². The van der Waals surface area contributed by atoms with Gasteiger partial charge < -0.3 is 5.32 Å². The molecule has 0 aliphatic carbocycles. The lowest BCUT2D eigenvalue weighted by Gasteiger charge is -2.00. The summed E-state index contributed by atoms with van der Waals surface area (Å²) < 4.78 is 0. The summed E-state index contributed by atoms with van der Waals surface area (Å²) >= 11 is 0. The summed E-state index contributed by atoms with van der Waals surface area (Å²) in [6, 6.07) is 0. The van der Waals surface area contributed by atoms with Crippen molar-refractivity contribution >= 4 is 18.0 Å². The van der Waals surface area contributed by atoms with Crippen molar-refractivity contribution in [1.29, 1.82) is 0 Å². The van der Waals surface area contributed by atoms with Gasteiger partial charge in [0.05, 0.1) is 0 Å². The van der Waals surface area contributed by atoms with E-state index in [0.717, 1.165) is 0 Å². The van der Waals surface area contributed by atoms with Gasteiger partial charge >= 0.3 is 0 Å². The van der Waals surface area contributed by atoms with Gasteiger partial charge in [0.25, 0.3) is 0 Å². The van der Waals surface area contributed by atoms with Crippen molar-refractivity contribution in [1.82, 2.24) is 10.7 Å². The van der Waals surface area contributed by atoms with Crippen molar-refractivity contribution in [3.05, 3.63) is 10.4 Å². The fourth-order valence-electron chi connectivity index (χ4n) is 0.775. The summed E-state index contributed by atoms with van der Waals surface area (Å²) in [4.78, 5) is 24.1. The second-order valence-corrected chi connectivity index (χ2v) is 2.82. The average molecular weight is 226 g/mol. The molecule has 0 unspecified atom stereocenters. The molecule has 0 aromatic carbocycles. The molecule has 0 radical (unpaired) electrons. The fraction of sp³-hybridized carbons (Fsp3) is 0.625. The number of nitrogens with zero attached hydrogens (tertiary/aromatic N) is 4. The number of hydrazone groups is 1. The molecule has 0 heterocycles. The largest absolute Gasteiger partial charge is 0.356 e. The lowest BCUT2D eigenvalue weighted by Crippen LogP contribution is -2.25. The number of nitrogens with one attached hydrogen (secondary N) is 2. The predicted octanol–water partition coefficient (Wildman–Crippen LogP) is 0.315. The van der Waals surface area contributed by atoms with E-state index in [2.05, 4.69) is 25.9 Å². The molecular weight excluding hydrogens is 212 g/mol. The second kappa shape index (κ2) is 9.47. The minimum Gasteiger partial charge on any atom is -0.356 e. The Morgan fingerprint density at radius 3 is 2.88 bits per heavy atom. The standard InChI is InChI=1S/C8H14N6O2/c1-7(15)13-11-4-2-3-8(16)10-5-6-12-14-9/h4H,2-3,5-6H2,1H3,(H,10,16)(H,13,15)/b11-4+. The van der Waals surface area contributed by atoms with E-state index in [0.29, 0.717) is 13.0 Å². The fourth-order valence-corrected chi connectivity index (χ4v) is 0.775. The van der Waals surface area contributed by atoms with Crippen molar-refractivity contribution < 1.29 is 9.59 Å². The molecule has 8 nitrogen and oxygen atoms in total. The molecule has 0 rings (SSSR count). The number of hydrogen-bond donors (Lipinski definition) is 2. The maximum absolute atomic E-state index is 11.1. The monoisotopic (exact) mass is 226 g/mol. The SMILES string of the molecule is CC(=O)N/N=C/CCC(=O)NCCN=[N+]=[N-]. The van der Waals surface area contributed by atoms with Crippen molar-refractivity contribution in [2.24, 2.45) is 10.2 Å². The van der Waals surface area contributed by atoms with E-state index in [1.54, 1.807) is 0 Å². The van der Waals surface area contributed by atoms with Crippen molar-refractivity contribution in [3.8, 4) is 0 Å². The summed E-state index contributed by atoms with van der Waals surface area (Å²) in [7, 11) is 0. The van der Waals surface area contributed by atoms with Crippen LogP contribution in [0.15, 0.2) is 10.2 Å². The summed E-state index contributed by atoms with van der Waals surface area (Å²) in [5.74, 6) is -0.405. The van der Waals surface area contributed by atoms with Crippen LogP contribution < -0.4 is 10.7 Å². The first-order valence-electron chi connectivity index (χ1n) is 4.72. The van der Waals surface area contributed by atoms with Crippen LogP contribution in [-0.4, -0.2) is 31.1 Å². The molecule has 2 N–H and O–H groups in total. The van der Waals surface area contributed by atoms with E-state index < -0.39 is 0 Å². The molecule has 0 aromatic heterocycles. The maximum Gasteiger partial charge on any atom is 0.236 e. The smallest absolute Gasteiger partial charge is 0.236 e. The van der Waals surface area contributed by atoms with E-state index >= 15 is 0 Å². The van der Waals surface area contributed by atoms with Gasteiger partial charge in [0, 0.05) is 37.6 Å². The minimum absolute atomic E-state index is 0.151. The number of carbonyl (C=O) groups is 2. The minimum atomic E-state index is -0.255. The third-order valence-electron chi connectivity index (χ3n) is 1.41. The zero-order valence-corrected chi connectivity index (χ0v) is 9.01. The highest BCUT2D eigenvalue weighted by Gasteiger charge is 1.97. The van der Waals surface area contributed by atoms with Crippen LogP contribution in [0.3, 0.4) is 0 Å². The molecule has 2 amide bonds. The van der Waals surface area contributed by atoms with Gasteiger partial charge in [0.15, 0.2) is 0 Å². The Bertz CT molecular complexity index is 308. The van der Waals surface area contributed by atoms with Gasteiger partial charge in [-0.15, -0.1) is 0 Å². The van der Waals surface area contributed by atoms with Crippen LogP contribution in [0.2, 0.25) is 0 Å². The Morgan fingerprint density at radius 2 is 2.25 bits per heavy atom. The van der Waals surface area contributed by atoms with E-state index in [4.69, 9.17) is 5.53 Å². The average Bonchev–Trinajstić information content (AvgIpc) is 2.23. The van der Waals surface area contributed by atoms with Gasteiger partial charge in [-0.25, -0.2) is 5.43 Å². The Morgan fingerprint density at radius 1 is 1.50 bits per heavy atom. The Hall–Kier alpha value is -2.08. The van der Waals surface area contributed by atoms with Gasteiger partial charge in [-0.05, 0) is 12.0 Å². The Kier molecular flexibility index (Phi) is 8.24. The summed E-state index contributed by atoms with van der Waals surface area (Å²) in [6.45, 7) is 1.91. The van der Waals surface area contributed by atoms with Gasteiger partial charge in [-0.2, -0.15) is 5.10 Å². The highest BCUT2D eigenvalue weighted by atomic mass is 16.2. The number of amides is 2. The molecule has 0 bridgehead atoms. The molecule has 88 valence electrons. The lowest BCUT2D eigenvalue weighted by atomic mass is 10.3. The first kappa shape index (κ1) is 13.9. The zero-order chi connectivity index (χ0) is 12.2. The van der Waals surface area contributed by atoms with Crippen LogP contribution in [0.1, 0.15) is 19.8 Å². The highest BCUT2D eigenvalue weighted by Crippen LogP contribution is 1.84. The summed E-state index contributed by atoms with van der Waals surface area (Å²) in [6.07, 6.45) is 2.17. The van der Waals surface area contributed by atoms with Crippen molar-refractivity contribution in [2.75, 3.05) is 13.1 Å². The van der Waals surface area contributed by atoms with E-state index in [1.165, 1.54) is 13.1 Å². The zero-order valence-electron chi connectivity index (χ0n) is 9.01. The van der Waals surface area contributed by atoms with Crippen molar-refractivity contribution in [2.45, 2.75) is 19.8 Å². The topological polar surface area (TPSA) is 119 Å². The first-order valence-corrected chi connectivity index (χ1v) is 4.72. The van der Waals surface area contributed by atoms with Crippen LogP contribution in [0, 0.1) is 0 Å². The van der Waals surface area contributed by atoms with Gasteiger partial charge in [-0.1, -0.05) is 5.11 Å². The summed E-state index contributed by atoms with van der Waals surface area (Å²) in [5.41, 5.74) is 10.2. The normalized spacial score (nSPS) is 9.56. The van der Waals surface area contributed by atoms with Gasteiger partial charge in [0.2, 0.25) is 11.8 Å². The third-order valence-corrected chi connectivity index (χ3v) is 1.41. The molecule has 0 atom stereocenters. The molecule has 16 heavy (non-hydrogen) atoms. The number of rotatable bonds is 7. The van der Waals surface area contributed by atoms with Crippen LogP contribution in [0.4, 0.5) is 0 Å². The molecule has 8 heteroatoms. The molecule has 0 spiro atoms. The molecule has 0 aliphatic heterocycles. The third kappa shape index (κ3) is 10.0. The second-order valence-electron chi connectivity index (χ2n) is 2.82. The molecule has 0 aromatic rings. The number of carbonyl (C=O) groups excluding carboxylic acids is 2. The molecule has 0 aliphatic rings. The predicted molar refractivity (Wildman–Crippen MR) is 58.6 cm³/mol. The Labute approximate surface area is 92.7 Å². The molecule has 0 saturated heterocycles. The highest BCUT2D eigenvalue weighted by molar-refractivity contribution is 5.79. The Balaban J connectivity index is 3.46. The number of hydrogen-bond acceptors (Lipinski definition) is 4. The lowest BCUT2D eigenvalue weighted by molar-refractivity contribution is -0.121.